The maximum absolute atomic E-state index is 11.3. The average molecular weight is 597 g/mol. The monoisotopic (exact) mass is 596 g/mol. The van der Waals surface area contributed by atoms with Gasteiger partial charge >= 0.3 is 0 Å². The highest BCUT2D eigenvalue weighted by Gasteiger charge is 2.42. The van der Waals surface area contributed by atoms with E-state index in [9.17, 15) is 5.11 Å². The first-order chi connectivity index (χ1) is 21.5. The van der Waals surface area contributed by atoms with Crippen LogP contribution in [0.3, 0.4) is 0 Å². The first kappa shape index (κ1) is 32.8. The Morgan fingerprint density at radius 3 is 2.07 bits per heavy atom. The number of fused-ring (bicyclic) bond motifs is 3. The number of hydrogen-bond acceptors (Lipinski definition) is 3. The third kappa shape index (κ3) is 7.43. The number of ether oxygens (including phenoxy) is 2. The Hall–Kier alpha value is -2.62. The van der Waals surface area contributed by atoms with E-state index in [0.717, 1.165) is 48.1 Å². The Kier molecular flexibility index (Phi) is 11.6. The van der Waals surface area contributed by atoms with Gasteiger partial charge in [0.1, 0.15) is 5.75 Å². The topological polar surface area (TPSA) is 38.7 Å². The van der Waals surface area contributed by atoms with Gasteiger partial charge in [0, 0.05) is 17.6 Å². The summed E-state index contributed by atoms with van der Waals surface area (Å²) in [6.45, 7) is 10.2. The highest BCUT2D eigenvalue weighted by molar-refractivity contribution is 5.85. The molecule has 3 heteroatoms. The minimum atomic E-state index is -0.127. The van der Waals surface area contributed by atoms with E-state index in [4.69, 9.17) is 9.47 Å². The van der Waals surface area contributed by atoms with Gasteiger partial charge in [-0.25, -0.2) is 0 Å². The van der Waals surface area contributed by atoms with Crippen molar-refractivity contribution in [2.24, 2.45) is 0 Å². The van der Waals surface area contributed by atoms with Gasteiger partial charge in [-0.05, 0) is 103 Å². The van der Waals surface area contributed by atoms with Crippen LogP contribution in [0.5, 0.6) is 5.75 Å². The number of unbranched alkanes of at least 4 members (excludes halogenated alkanes) is 8. The maximum Gasteiger partial charge on any atom is 0.158 e. The van der Waals surface area contributed by atoms with Crippen LogP contribution in [-0.4, -0.2) is 18.0 Å². The van der Waals surface area contributed by atoms with Crippen molar-refractivity contribution < 1.29 is 14.6 Å². The SMILES string of the molecule is CCCCCCCC1(CCCCCCC)c2cc(C)ccc2-c2ccc(-c3cc(COC4CCCCO4)c(C)cc3O)cc21. The largest absolute Gasteiger partial charge is 0.507 e. The Morgan fingerprint density at radius 2 is 1.41 bits per heavy atom. The summed E-state index contributed by atoms with van der Waals surface area (Å²) in [5, 5.41) is 11.3. The van der Waals surface area contributed by atoms with Gasteiger partial charge in [0.2, 0.25) is 0 Å². The Morgan fingerprint density at radius 1 is 0.750 bits per heavy atom. The minimum absolute atomic E-state index is 0.0235. The van der Waals surface area contributed by atoms with Crippen molar-refractivity contribution in [1.82, 2.24) is 0 Å². The van der Waals surface area contributed by atoms with E-state index in [0.29, 0.717) is 12.4 Å². The minimum Gasteiger partial charge on any atom is -0.507 e. The summed E-state index contributed by atoms with van der Waals surface area (Å²) in [4.78, 5) is 0. The zero-order chi connectivity index (χ0) is 30.9. The molecular formula is C41H56O3. The van der Waals surface area contributed by atoms with Crippen LogP contribution in [0.2, 0.25) is 0 Å². The molecule has 1 aliphatic heterocycles. The maximum atomic E-state index is 11.3. The molecule has 0 aromatic heterocycles. The predicted molar refractivity (Wildman–Crippen MR) is 184 cm³/mol. The smallest absolute Gasteiger partial charge is 0.158 e. The molecule has 1 saturated heterocycles. The molecule has 1 unspecified atom stereocenters. The average Bonchev–Trinajstić information content (AvgIpc) is 3.29. The quantitative estimate of drug-likeness (QED) is 0.167. The van der Waals surface area contributed by atoms with Crippen LogP contribution in [0.1, 0.15) is 138 Å². The highest BCUT2D eigenvalue weighted by atomic mass is 16.7. The van der Waals surface area contributed by atoms with Gasteiger partial charge in [0.25, 0.3) is 0 Å². The summed E-state index contributed by atoms with van der Waals surface area (Å²) >= 11 is 0. The lowest BCUT2D eigenvalue weighted by molar-refractivity contribution is -0.169. The van der Waals surface area contributed by atoms with Crippen LogP contribution in [0, 0.1) is 13.8 Å². The predicted octanol–water partition coefficient (Wildman–Crippen LogP) is 11.7. The molecule has 3 aromatic rings. The molecule has 0 amide bonds. The second-order valence-electron chi connectivity index (χ2n) is 13.6. The van der Waals surface area contributed by atoms with Gasteiger partial charge < -0.3 is 14.6 Å². The fourth-order valence-electron chi connectivity index (χ4n) is 7.65. The molecule has 44 heavy (non-hydrogen) atoms. The van der Waals surface area contributed by atoms with Crippen molar-refractivity contribution in [1.29, 1.82) is 0 Å². The fraction of sp³-hybridized carbons (Fsp3) is 0.561. The normalized spacial score (nSPS) is 17.0. The zero-order valence-corrected chi connectivity index (χ0v) is 28.0. The summed E-state index contributed by atoms with van der Waals surface area (Å²) in [7, 11) is 0. The molecule has 0 bridgehead atoms. The molecule has 3 nitrogen and oxygen atoms in total. The highest BCUT2D eigenvalue weighted by Crippen LogP contribution is 2.55. The molecule has 1 N–H and O–H groups in total. The molecule has 238 valence electrons. The van der Waals surface area contributed by atoms with Crippen LogP contribution in [-0.2, 0) is 21.5 Å². The summed E-state index contributed by atoms with van der Waals surface area (Å²) in [5.74, 6) is 0.344. The fourth-order valence-corrected chi connectivity index (χ4v) is 7.65. The summed E-state index contributed by atoms with van der Waals surface area (Å²) in [6.07, 6.45) is 18.4. The van der Waals surface area contributed by atoms with Gasteiger partial charge in [0.05, 0.1) is 6.61 Å². The molecule has 5 rings (SSSR count). The Bertz CT molecular complexity index is 1350. The van der Waals surface area contributed by atoms with E-state index in [1.807, 2.05) is 6.07 Å². The second-order valence-corrected chi connectivity index (χ2v) is 13.6. The number of rotatable bonds is 16. The van der Waals surface area contributed by atoms with Crippen molar-refractivity contribution in [3.63, 3.8) is 0 Å². The Labute approximate surface area is 267 Å². The first-order valence-electron chi connectivity index (χ1n) is 17.8. The van der Waals surface area contributed by atoms with Crippen molar-refractivity contribution in [2.45, 2.75) is 142 Å². The lowest BCUT2D eigenvalue weighted by atomic mass is 9.70. The van der Waals surface area contributed by atoms with Crippen LogP contribution >= 0.6 is 0 Å². The number of hydrogen-bond donors (Lipinski definition) is 1. The van der Waals surface area contributed by atoms with E-state index in [1.54, 1.807) is 0 Å². The molecule has 1 atom stereocenters. The third-order valence-corrected chi connectivity index (χ3v) is 10.3. The number of aryl methyl sites for hydroxylation is 2. The van der Waals surface area contributed by atoms with E-state index in [-0.39, 0.29) is 11.7 Å². The summed E-state index contributed by atoms with van der Waals surface area (Å²) in [5.41, 5.74) is 11.3. The second kappa shape index (κ2) is 15.6. The van der Waals surface area contributed by atoms with Gasteiger partial charge in [-0.2, -0.15) is 0 Å². The molecule has 0 saturated carbocycles. The first-order valence-corrected chi connectivity index (χ1v) is 17.8. The van der Waals surface area contributed by atoms with E-state index >= 15 is 0 Å². The summed E-state index contributed by atoms with van der Waals surface area (Å²) in [6, 6.07) is 18.2. The number of aromatic hydroxyl groups is 1. The molecule has 1 heterocycles. The zero-order valence-electron chi connectivity index (χ0n) is 28.0. The van der Waals surface area contributed by atoms with Crippen molar-refractivity contribution in [3.8, 4) is 28.0 Å². The van der Waals surface area contributed by atoms with Crippen molar-refractivity contribution >= 4 is 0 Å². The van der Waals surface area contributed by atoms with Gasteiger partial charge in [-0.3, -0.25) is 0 Å². The van der Waals surface area contributed by atoms with Gasteiger partial charge in [0.15, 0.2) is 6.29 Å². The summed E-state index contributed by atoms with van der Waals surface area (Å²) < 4.78 is 12.0. The van der Waals surface area contributed by atoms with Crippen molar-refractivity contribution in [3.05, 3.63) is 76.3 Å². The molecule has 3 aromatic carbocycles. The van der Waals surface area contributed by atoms with Crippen LogP contribution < -0.4 is 0 Å². The van der Waals surface area contributed by atoms with Crippen LogP contribution in [0.25, 0.3) is 22.3 Å². The third-order valence-electron chi connectivity index (χ3n) is 10.3. The molecule has 2 aliphatic rings. The number of benzene rings is 3. The molecule has 0 spiro atoms. The van der Waals surface area contributed by atoms with E-state index in [1.165, 1.54) is 105 Å². The standard InChI is InChI=1S/C41H56O3/c1-5-7-9-11-14-22-41(23-15-12-10-8-6-2)37-25-30(3)18-20-34(37)35-21-19-32(28-38(35)41)36-27-33(31(4)26-39(36)42)29-44-40-17-13-16-24-43-40/h18-21,25-28,40,42H,5-17,22-24,29H2,1-4H3. The van der Waals surface area contributed by atoms with Gasteiger partial charge in [-0.15, -0.1) is 0 Å². The number of phenols is 1. The molecule has 1 aliphatic carbocycles. The van der Waals surface area contributed by atoms with Crippen LogP contribution in [0.4, 0.5) is 0 Å². The molecular weight excluding hydrogens is 540 g/mol. The molecule has 0 radical (unpaired) electrons. The molecule has 1 fully saturated rings. The van der Waals surface area contributed by atoms with Crippen LogP contribution in [0.15, 0.2) is 48.5 Å². The van der Waals surface area contributed by atoms with Gasteiger partial charge in [-0.1, -0.05) is 114 Å². The lowest BCUT2D eigenvalue weighted by Gasteiger charge is -2.33. The van der Waals surface area contributed by atoms with Crippen molar-refractivity contribution in [2.75, 3.05) is 6.61 Å². The van der Waals surface area contributed by atoms with E-state index in [2.05, 4.69) is 70.2 Å². The lowest BCUT2D eigenvalue weighted by Crippen LogP contribution is -2.25. The van der Waals surface area contributed by atoms with E-state index < -0.39 is 0 Å². The number of phenolic OH excluding ortho intramolecular Hbond substituents is 1. The Balaban J connectivity index is 1.51.